The van der Waals surface area contributed by atoms with Crippen molar-refractivity contribution in [1.29, 1.82) is 0 Å². The van der Waals surface area contributed by atoms with Crippen LogP contribution in [0.4, 0.5) is 0 Å². The summed E-state index contributed by atoms with van der Waals surface area (Å²) in [5.41, 5.74) is 1.47. The van der Waals surface area contributed by atoms with Gasteiger partial charge in [0.15, 0.2) is 5.78 Å². The van der Waals surface area contributed by atoms with Gasteiger partial charge in [-0.3, -0.25) is 4.79 Å². The van der Waals surface area contributed by atoms with E-state index in [-0.39, 0.29) is 5.78 Å². The number of carbonyl (C=O) groups excluding carboxylic acids is 1. The lowest BCUT2D eigenvalue weighted by Gasteiger charge is -2.21. The summed E-state index contributed by atoms with van der Waals surface area (Å²) in [6.07, 6.45) is 6.53. The molecule has 1 heterocycles. The zero-order valence-corrected chi connectivity index (χ0v) is 18.1. The van der Waals surface area contributed by atoms with Gasteiger partial charge in [0, 0.05) is 17.0 Å². The third-order valence-electron chi connectivity index (χ3n) is 5.40. The predicted octanol–water partition coefficient (Wildman–Crippen LogP) is 6.95. The van der Waals surface area contributed by atoms with Gasteiger partial charge < -0.3 is 9.47 Å². The molecule has 2 aromatic carbocycles. The Labute approximate surface area is 179 Å². The molecule has 1 saturated carbocycles. The second kappa shape index (κ2) is 8.95. The Morgan fingerprint density at radius 3 is 2.66 bits per heavy atom. The van der Waals surface area contributed by atoms with Gasteiger partial charge in [0.05, 0.1) is 16.6 Å². The third-order valence-corrected chi connectivity index (χ3v) is 6.02. The summed E-state index contributed by atoms with van der Waals surface area (Å²) in [4.78, 5) is 16.1. The first kappa shape index (κ1) is 19.9. The van der Waals surface area contributed by atoms with Crippen molar-refractivity contribution < 1.29 is 14.3 Å². The van der Waals surface area contributed by atoms with Crippen molar-refractivity contribution in [1.82, 2.24) is 4.98 Å². The minimum Gasteiger partial charge on any atom is -0.493 e. The van der Waals surface area contributed by atoms with E-state index in [2.05, 4.69) is 20.9 Å². The smallest absolute Gasteiger partial charge is 0.219 e. The van der Waals surface area contributed by atoms with Crippen molar-refractivity contribution in [2.24, 2.45) is 5.92 Å². The zero-order chi connectivity index (χ0) is 20.2. The summed E-state index contributed by atoms with van der Waals surface area (Å²) >= 11 is 3.58. The number of aromatic nitrogens is 1. The highest BCUT2D eigenvalue weighted by molar-refractivity contribution is 9.10. The minimum absolute atomic E-state index is 0.0435. The monoisotopic (exact) mass is 453 g/mol. The summed E-state index contributed by atoms with van der Waals surface area (Å²) in [5.74, 6) is 2.75. The van der Waals surface area contributed by atoms with E-state index >= 15 is 0 Å². The van der Waals surface area contributed by atoms with Crippen molar-refractivity contribution >= 4 is 32.6 Å². The number of ketones is 1. The van der Waals surface area contributed by atoms with E-state index in [4.69, 9.17) is 9.47 Å². The zero-order valence-electron chi connectivity index (χ0n) is 16.5. The molecule has 5 heteroatoms. The highest BCUT2D eigenvalue weighted by Crippen LogP contribution is 2.33. The Bertz CT molecular complexity index is 1030. The topological polar surface area (TPSA) is 48.4 Å². The van der Waals surface area contributed by atoms with Crippen molar-refractivity contribution in [2.75, 3.05) is 6.61 Å². The molecule has 0 unspecified atom stereocenters. The van der Waals surface area contributed by atoms with Gasteiger partial charge in [-0.1, -0.05) is 19.3 Å². The largest absolute Gasteiger partial charge is 0.493 e. The van der Waals surface area contributed by atoms with Crippen LogP contribution in [-0.2, 0) is 0 Å². The number of benzene rings is 2. The van der Waals surface area contributed by atoms with Gasteiger partial charge in [0.1, 0.15) is 11.5 Å². The molecule has 0 radical (unpaired) electrons. The molecular formula is C24H24BrNO3. The lowest BCUT2D eigenvalue weighted by molar-refractivity contribution is 0.101. The van der Waals surface area contributed by atoms with Gasteiger partial charge in [0.2, 0.25) is 5.88 Å². The van der Waals surface area contributed by atoms with Crippen LogP contribution >= 0.6 is 15.9 Å². The lowest BCUT2D eigenvalue weighted by Crippen LogP contribution is -2.15. The Morgan fingerprint density at radius 1 is 1.07 bits per heavy atom. The fraction of sp³-hybridized carbons (Fsp3) is 0.333. The molecule has 4 rings (SSSR count). The molecule has 0 bridgehead atoms. The van der Waals surface area contributed by atoms with E-state index in [9.17, 15) is 4.79 Å². The first-order chi connectivity index (χ1) is 14.1. The van der Waals surface area contributed by atoms with Crippen LogP contribution in [0.5, 0.6) is 17.4 Å². The Morgan fingerprint density at radius 2 is 1.90 bits per heavy atom. The highest BCUT2D eigenvalue weighted by atomic mass is 79.9. The summed E-state index contributed by atoms with van der Waals surface area (Å²) in [6.45, 7) is 2.34. The van der Waals surface area contributed by atoms with E-state index in [0.29, 0.717) is 23.1 Å². The molecule has 150 valence electrons. The molecule has 3 aromatic rings. The Balaban J connectivity index is 1.44. The number of nitrogens with zero attached hydrogens (tertiary/aromatic N) is 1. The maximum atomic E-state index is 11.5. The van der Waals surface area contributed by atoms with E-state index < -0.39 is 0 Å². The van der Waals surface area contributed by atoms with E-state index in [1.165, 1.54) is 32.1 Å². The maximum Gasteiger partial charge on any atom is 0.219 e. The molecule has 0 N–H and O–H groups in total. The number of hydrogen-bond donors (Lipinski definition) is 0. The van der Waals surface area contributed by atoms with Crippen LogP contribution in [0.1, 0.15) is 49.4 Å². The molecule has 1 fully saturated rings. The fourth-order valence-electron chi connectivity index (χ4n) is 3.72. The number of pyridine rings is 1. The number of carbonyl (C=O) groups is 1. The maximum absolute atomic E-state index is 11.5. The molecule has 1 aliphatic carbocycles. The first-order valence-electron chi connectivity index (χ1n) is 10.1. The van der Waals surface area contributed by atoms with Crippen molar-refractivity contribution in [3.8, 4) is 17.4 Å². The second-order valence-electron chi connectivity index (χ2n) is 7.62. The van der Waals surface area contributed by atoms with E-state index in [1.54, 1.807) is 13.0 Å². The molecule has 4 nitrogen and oxygen atoms in total. The number of ether oxygens (including phenoxy) is 2. The molecule has 0 spiro atoms. The van der Waals surface area contributed by atoms with Gasteiger partial charge in [-0.15, -0.1) is 0 Å². The van der Waals surface area contributed by atoms with Crippen LogP contribution in [0.2, 0.25) is 0 Å². The number of hydrogen-bond acceptors (Lipinski definition) is 4. The van der Waals surface area contributed by atoms with Crippen molar-refractivity contribution in [3.05, 3.63) is 58.6 Å². The third kappa shape index (κ3) is 4.96. The molecule has 0 aliphatic heterocycles. The fourth-order valence-corrected chi connectivity index (χ4v) is 4.16. The number of halogens is 1. The normalized spacial score (nSPS) is 14.7. The van der Waals surface area contributed by atoms with Crippen LogP contribution in [0.25, 0.3) is 10.9 Å². The molecular weight excluding hydrogens is 430 g/mol. The molecule has 29 heavy (non-hydrogen) atoms. The van der Waals surface area contributed by atoms with Gasteiger partial charge in [-0.2, -0.15) is 0 Å². The number of Topliss-reactive ketones (excluding diaryl/α,β-unsaturated/α-hetero) is 1. The summed E-state index contributed by atoms with van der Waals surface area (Å²) in [7, 11) is 0. The molecule has 1 aliphatic rings. The predicted molar refractivity (Wildman–Crippen MR) is 118 cm³/mol. The molecule has 1 aromatic heterocycles. The van der Waals surface area contributed by atoms with Crippen molar-refractivity contribution in [3.63, 3.8) is 0 Å². The summed E-state index contributed by atoms with van der Waals surface area (Å²) in [6, 6.07) is 15.0. The number of rotatable bonds is 6. The SMILES string of the molecule is CC(=O)c1ccc2nc(Oc3ccc(OCC4CCCCC4)cc3Br)ccc2c1. The standard InChI is InChI=1S/C24H24BrNO3/c1-16(27)18-7-10-22-19(13-18)8-12-24(26-22)29-23-11-9-20(14-21(23)25)28-15-17-5-3-2-4-6-17/h7-14,17H,2-6,15H2,1H3. The van der Waals surface area contributed by atoms with Crippen LogP contribution in [0.15, 0.2) is 53.0 Å². The van der Waals surface area contributed by atoms with Gasteiger partial charge in [0.25, 0.3) is 0 Å². The molecule has 0 saturated heterocycles. The van der Waals surface area contributed by atoms with Gasteiger partial charge >= 0.3 is 0 Å². The van der Waals surface area contributed by atoms with Crippen molar-refractivity contribution in [2.45, 2.75) is 39.0 Å². The lowest BCUT2D eigenvalue weighted by atomic mass is 9.90. The Kier molecular flexibility index (Phi) is 6.14. The quantitative estimate of drug-likeness (QED) is 0.378. The molecule has 0 amide bonds. The Hall–Kier alpha value is -2.40. The van der Waals surface area contributed by atoms with Crippen LogP contribution < -0.4 is 9.47 Å². The summed E-state index contributed by atoms with van der Waals surface area (Å²) < 4.78 is 12.8. The molecule has 0 atom stereocenters. The number of fused-ring (bicyclic) bond motifs is 1. The average Bonchev–Trinajstić information content (AvgIpc) is 2.74. The van der Waals surface area contributed by atoms with E-state index in [0.717, 1.165) is 27.7 Å². The second-order valence-corrected chi connectivity index (χ2v) is 8.48. The van der Waals surface area contributed by atoms with Crippen LogP contribution in [0.3, 0.4) is 0 Å². The van der Waals surface area contributed by atoms with Gasteiger partial charge in [-0.25, -0.2) is 4.98 Å². The van der Waals surface area contributed by atoms with Gasteiger partial charge in [-0.05, 0) is 84.1 Å². The highest BCUT2D eigenvalue weighted by Gasteiger charge is 2.14. The minimum atomic E-state index is 0.0435. The van der Waals surface area contributed by atoms with Crippen LogP contribution in [0, 0.1) is 5.92 Å². The summed E-state index contributed by atoms with van der Waals surface area (Å²) in [5, 5.41) is 0.913. The first-order valence-corrected chi connectivity index (χ1v) is 10.9. The van der Waals surface area contributed by atoms with Crippen LogP contribution in [-0.4, -0.2) is 17.4 Å². The van der Waals surface area contributed by atoms with E-state index in [1.807, 2.05) is 42.5 Å². The average molecular weight is 454 g/mol.